The Hall–Kier alpha value is -0.0800. The number of rotatable bonds is 7. The highest BCUT2D eigenvalue weighted by Gasteiger charge is 2.22. The van der Waals surface area contributed by atoms with Gasteiger partial charge in [0.1, 0.15) is 0 Å². The predicted molar refractivity (Wildman–Crippen MR) is 62.6 cm³/mol. The highest BCUT2D eigenvalue weighted by Crippen LogP contribution is 2.16. The maximum absolute atomic E-state index is 5.18. The number of hydrogen-bond donors (Lipinski definition) is 1. The van der Waals surface area contributed by atoms with E-state index in [0.29, 0.717) is 6.04 Å². The monoisotopic (exact) mass is 201 g/mol. The number of nitrogens with one attached hydrogen (secondary N) is 1. The molecule has 0 fully saturated rings. The van der Waals surface area contributed by atoms with E-state index in [9.17, 15) is 0 Å². The van der Waals surface area contributed by atoms with E-state index in [1.54, 1.807) is 7.11 Å². The number of hydrogen-bond acceptors (Lipinski definition) is 2. The maximum Gasteiger partial charge on any atom is 0.0615 e. The molecule has 0 saturated carbocycles. The first-order chi connectivity index (χ1) is 6.41. The van der Waals surface area contributed by atoms with Gasteiger partial charge in [-0.1, -0.05) is 20.8 Å². The Morgan fingerprint density at radius 2 is 1.86 bits per heavy atom. The van der Waals surface area contributed by atoms with E-state index < -0.39 is 0 Å². The lowest BCUT2D eigenvalue weighted by Gasteiger charge is -2.32. The van der Waals surface area contributed by atoms with Crippen LogP contribution >= 0.6 is 0 Å². The molecule has 0 aliphatic heterocycles. The summed E-state index contributed by atoms with van der Waals surface area (Å²) in [4.78, 5) is 0. The average molecular weight is 201 g/mol. The van der Waals surface area contributed by atoms with E-state index in [1.165, 1.54) is 6.42 Å². The standard InChI is InChI=1S/C12H27NO/c1-7-11(9-14-6)13-12(4,5)8-10(2)3/h10-11,13H,7-9H2,1-6H3. The zero-order valence-corrected chi connectivity index (χ0v) is 10.7. The Labute approximate surface area is 89.4 Å². The molecule has 0 aliphatic rings. The quantitative estimate of drug-likeness (QED) is 0.684. The SMILES string of the molecule is CCC(COC)NC(C)(C)CC(C)C. The lowest BCUT2D eigenvalue weighted by molar-refractivity contribution is 0.142. The highest BCUT2D eigenvalue weighted by atomic mass is 16.5. The first-order valence-electron chi connectivity index (χ1n) is 5.68. The van der Waals surface area contributed by atoms with Crippen molar-refractivity contribution < 1.29 is 4.74 Å². The van der Waals surface area contributed by atoms with Gasteiger partial charge in [-0.25, -0.2) is 0 Å². The van der Waals surface area contributed by atoms with Crippen molar-refractivity contribution in [2.75, 3.05) is 13.7 Å². The highest BCUT2D eigenvalue weighted by molar-refractivity contribution is 4.82. The van der Waals surface area contributed by atoms with Crippen LogP contribution in [0.5, 0.6) is 0 Å². The van der Waals surface area contributed by atoms with E-state index in [0.717, 1.165) is 18.9 Å². The van der Waals surface area contributed by atoms with Crippen LogP contribution in [0.2, 0.25) is 0 Å². The third kappa shape index (κ3) is 6.39. The van der Waals surface area contributed by atoms with Crippen LogP contribution in [0.15, 0.2) is 0 Å². The second kappa shape index (κ2) is 6.41. The number of methoxy groups -OCH3 is 1. The van der Waals surface area contributed by atoms with Crippen LogP contribution in [0.1, 0.15) is 47.5 Å². The molecule has 0 heterocycles. The second-order valence-electron chi connectivity index (χ2n) is 5.19. The van der Waals surface area contributed by atoms with Gasteiger partial charge in [0.15, 0.2) is 0 Å². The summed E-state index contributed by atoms with van der Waals surface area (Å²) in [6.45, 7) is 12.1. The van der Waals surface area contributed by atoms with Gasteiger partial charge in [0.25, 0.3) is 0 Å². The fourth-order valence-electron chi connectivity index (χ4n) is 2.09. The summed E-state index contributed by atoms with van der Waals surface area (Å²) >= 11 is 0. The molecule has 0 aromatic carbocycles. The molecule has 0 bridgehead atoms. The second-order valence-corrected chi connectivity index (χ2v) is 5.19. The lowest BCUT2D eigenvalue weighted by Crippen LogP contribution is -2.48. The zero-order chi connectivity index (χ0) is 11.2. The Morgan fingerprint density at radius 1 is 1.29 bits per heavy atom. The van der Waals surface area contributed by atoms with Crippen molar-refractivity contribution in [2.24, 2.45) is 5.92 Å². The van der Waals surface area contributed by atoms with Crippen molar-refractivity contribution in [1.29, 1.82) is 0 Å². The van der Waals surface area contributed by atoms with Crippen molar-refractivity contribution in [2.45, 2.75) is 59.0 Å². The molecule has 0 aromatic rings. The summed E-state index contributed by atoms with van der Waals surface area (Å²) in [6.07, 6.45) is 2.32. The van der Waals surface area contributed by atoms with E-state index >= 15 is 0 Å². The molecule has 0 spiro atoms. The van der Waals surface area contributed by atoms with Crippen molar-refractivity contribution in [3.8, 4) is 0 Å². The van der Waals surface area contributed by atoms with Gasteiger partial charge >= 0.3 is 0 Å². The van der Waals surface area contributed by atoms with Gasteiger partial charge in [0.2, 0.25) is 0 Å². The molecule has 0 saturated heterocycles. The minimum atomic E-state index is 0.216. The van der Waals surface area contributed by atoms with E-state index in [4.69, 9.17) is 4.74 Å². The normalized spacial score (nSPS) is 14.8. The minimum absolute atomic E-state index is 0.216. The van der Waals surface area contributed by atoms with Crippen LogP contribution in [0, 0.1) is 5.92 Å². The smallest absolute Gasteiger partial charge is 0.0615 e. The minimum Gasteiger partial charge on any atom is -0.383 e. The molecule has 0 aliphatic carbocycles. The molecule has 0 aromatic heterocycles. The molecule has 0 rings (SSSR count). The van der Waals surface area contributed by atoms with Crippen LogP contribution in [0.4, 0.5) is 0 Å². The third-order valence-electron chi connectivity index (χ3n) is 2.37. The van der Waals surface area contributed by atoms with Gasteiger partial charge in [0.05, 0.1) is 6.61 Å². The predicted octanol–water partition coefficient (Wildman–Crippen LogP) is 2.83. The van der Waals surface area contributed by atoms with E-state index in [2.05, 4.69) is 39.9 Å². The van der Waals surface area contributed by atoms with Crippen molar-refractivity contribution >= 4 is 0 Å². The Kier molecular flexibility index (Phi) is 6.38. The molecule has 0 radical (unpaired) electrons. The fourth-order valence-corrected chi connectivity index (χ4v) is 2.09. The Bertz CT molecular complexity index is 143. The van der Waals surface area contributed by atoms with Gasteiger partial charge in [-0.3, -0.25) is 0 Å². The van der Waals surface area contributed by atoms with Crippen LogP contribution in [-0.4, -0.2) is 25.3 Å². The van der Waals surface area contributed by atoms with E-state index in [-0.39, 0.29) is 5.54 Å². The van der Waals surface area contributed by atoms with Crippen molar-refractivity contribution in [1.82, 2.24) is 5.32 Å². The maximum atomic E-state index is 5.18. The Balaban J connectivity index is 4.02. The average Bonchev–Trinajstić information content (AvgIpc) is 2.00. The van der Waals surface area contributed by atoms with Gasteiger partial charge in [0, 0.05) is 18.7 Å². The summed E-state index contributed by atoms with van der Waals surface area (Å²) in [5.41, 5.74) is 0.216. The molecule has 86 valence electrons. The van der Waals surface area contributed by atoms with E-state index in [1.807, 2.05) is 0 Å². The zero-order valence-electron chi connectivity index (χ0n) is 10.7. The van der Waals surface area contributed by atoms with Gasteiger partial charge < -0.3 is 10.1 Å². The summed E-state index contributed by atoms with van der Waals surface area (Å²) in [6, 6.07) is 0.480. The van der Waals surface area contributed by atoms with Crippen molar-refractivity contribution in [3.63, 3.8) is 0 Å². The molecule has 2 nitrogen and oxygen atoms in total. The molecule has 14 heavy (non-hydrogen) atoms. The van der Waals surface area contributed by atoms with Gasteiger partial charge in [-0.2, -0.15) is 0 Å². The molecule has 0 amide bonds. The summed E-state index contributed by atoms with van der Waals surface area (Å²) < 4.78 is 5.18. The molecular formula is C12H27NO. The molecule has 1 N–H and O–H groups in total. The van der Waals surface area contributed by atoms with Gasteiger partial charge in [-0.05, 0) is 32.6 Å². The molecule has 1 unspecified atom stereocenters. The van der Waals surface area contributed by atoms with Crippen LogP contribution in [0.3, 0.4) is 0 Å². The third-order valence-corrected chi connectivity index (χ3v) is 2.37. The molecule has 1 atom stereocenters. The van der Waals surface area contributed by atoms with Crippen LogP contribution in [-0.2, 0) is 4.74 Å². The fraction of sp³-hybridized carbons (Fsp3) is 1.00. The van der Waals surface area contributed by atoms with Crippen molar-refractivity contribution in [3.05, 3.63) is 0 Å². The number of ether oxygens (including phenoxy) is 1. The Morgan fingerprint density at radius 3 is 2.21 bits per heavy atom. The summed E-state index contributed by atoms with van der Waals surface area (Å²) in [5, 5.41) is 3.65. The van der Waals surface area contributed by atoms with Crippen LogP contribution < -0.4 is 5.32 Å². The lowest BCUT2D eigenvalue weighted by atomic mass is 9.91. The topological polar surface area (TPSA) is 21.3 Å². The molecular weight excluding hydrogens is 174 g/mol. The molecule has 2 heteroatoms. The largest absolute Gasteiger partial charge is 0.383 e. The van der Waals surface area contributed by atoms with Gasteiger partial charge in [-0.15, -0.1) is 0 Å². The van der Waals surface area contributed by atoms with Crippen LogP contribution in [0.25, 0.3) is 0 Å². The summed E-state index contributed by atoms with van der Waals surface area (Å²) in [7, 11) is 1.76. The summed E-state index contributed by atoms with van der Waals surface area (Å²) in [5.74, 6) is 0.734. The first-order valence-corrected chi connectivity index (χ1v) is 5.68. The first kappa shape index (κ1) is 13.9.